The summed E-state index contributed by atoms with van der Waals surface area (Å²) in [7, 11) is 1.76. The summed E-state index contributed by atoms with van der Waals surface area (Å²) in [5.74, 6) is 0. The fourth-order valence-corrected chi connectivity index (χ4v) is 2.31. The van der Waals surface area contributed by atoms with Crippen molar-refractivity contribution in [3.05, 3.63) is 35.4 Å². The summed E-state index contributed by atoms with van der Waals surface area (Å²) in [6.45, 7) is 6.34. The van der Waals surface area contributed by atoms with E-state index in [4.69, 9.17) is 4.74 Å². The minimum Gasteiger partial charge on any atom is -0.380 e. The van der Waals surface area contributed by atoms with Crippen LogP contribution in [0.5, 0.6) is 0 Å². The van der Waals surface area contributed by atoms with Gasteiger partial charge in [-0.3, -0.25) is 4.90 Å². The van der Waals surface area contributed by atoms with Crippen molar-refractivity contribution in [3.8, 4) is 0 Å². The zero-order valence-electron chi connectivity index (χ0n) is 10.6. The van der Waals surface area contributed by atoms with Crippen LogP contribution < -0.4 is 5.32 Å². The van der Waals surface area contributed by atoms with E-state index in [1.165, 1.54) is 24.1 Å². The third-order valence-corrected chi connectivity index (χ3v) is 3.24. The van der Waals surface area contributed by atoms with E-state index in [0.29, 0.717) is 6.61 Å². The van der Waals surface area contributed by atoms with Crippen molar-refractivity contribution in [1.29, 1.82) is 0 Å². The van der Waals surface area contributed by atoms with E-state index >= 15 is 0 Å². The van der Waals surface area contributed by atoms with Crippen molar-refractivity contribution in [3.63, 3.8) is 0 Å². The van der Waals surface area contributed by atoms with Gasteiger partial charge in [0.05, 0.1) is 6.61 Å². The Morgan fingerprint density at radius 1 is 1.18 bits per heavy atom. The number of hydrogen-bond donors (Lipinski definition) is 1. The maximum Gasteiger partial charge on any atom is 0.0716 e. The van der Waals surface area contributed by atoms with E-state index in [9.17, 15) is 0 Å². The highest BCUT2D eigenvalue weighted by molar-refractivity contribution is 5.26. The summed E-state index contributed by atoms with van der Waals surface area (Å²) in [5.41, 5.74) is 2.71. The van der Waals surface area contributed by atoms with Gasteiger partial charge in [-0.25, -0.2) is 0 Å². The van der Waals surface area contributed by atoms with Gasteiger partial charge in [0.2, 0.25) is 0 Å². The first kappa shape index (κ1) is 12.6. The first-order valence-corrected chi connectivity index (χ1v) is 6.39. The molecule has 0 unspecified atom stereocenters. The smallest absolute Gasteiger partial charge is 0.0716 e. The molecular weight excluding hydrogens is 212 g/mol. The van der Waals surface area contributed by atoms with Gasteiger partial charge in [-0.05, 0) is 30.6 Å². The van der Waals surface area contributed by atoms with Gasteiger partial charge < -0.3 is 10.1 Å². The van der Waals surface area contributed by atoms with E-state index < -0.39 is 0 Å². The molecule has 1 aromatic rings. The van der Waals surface area contributed by atoms with Gasteiger partial charge in [0.25, 0.3) is 0 Å². The van der Waals surface area contributed by atoms with Crippen LogP contribution in [0.15, 0.2) is 24.3 Å². The Labute approximate surface area is 104 Å². The van der Waals surface area contributed by atoms with Crippen molar-refractivity contribution >= 4 is 0 Å². The number of ether oxygens (including phenoxy) is 1. The lowest BCUT2D eigenvalue weighted by molar-refractivity contribution is 0.182. The molecule has 1 N–H and O–H groups in total. The first-order valence-electron chi connectivity index (χ1n) is 6.39. The summed E-state index contributed by atoms with van der Waals surface area (Å²) in [6.07, 6.45) is 1.24. The highest BCUT2D eigenvalue weighted by Gasteiger charge is 2.10. The van der Waals surface area contributed by atoms with Crippen molar-refractivity contribution in [2.75, 3.05) is 33.3 Å². The number of hydrogen-bond acceptors (Lipinski definition) is 3. The van der Waals surface area contributed by atoms with Crippen LogP contribution in [0.4, 0.5) is 0 Å². The molecule has 0 aliphatic carbocycles. The Morgan fingerprint density at radius 2 is 2.00 bits per heavy atom. The lowest BCUT2D eigenvalue weighted by Crippen LogP contribution is -2.28. The average Bonchev–Trinajstić information content (AvgIpc) is 2.61. The Bertz CT molecular complexity index is 333. The maximum atomic E-state index is 5.25. The number of nitrogens with zero attached hydrogens (tertiary/aromatic N) is 1. The number of methoxy groups -OCH3 is 1. The second kappa shape index (κ2) is 6.74. The monoisotopic (exact) mass is 234 g/mol. The molecule has 1 fully saturated rings. The van der Waals surface area contributed by atoms with Crippen LogP contribution in [0, 0.1) is 0 Å². The molecule has 1 aromatic carbocycles. The minimum atomic E-state index is 0.711. The van der Waals surface area contributed by atoms with E-state index in [1.54, 1.807) is 7.11 Å². The summed E-state index contributed by atoms with van der Waals surface area (Å²) in [6, 6.07) is 8.58. The van der Waals surface area contributed by atoms with Gasteiger partial charge in [-0.15, -0.1) is 0 Å². The van der Waals surface area contributed by atoms with Crippen LogP contribution in [0.1, 0.15) is 17.5 Å². The van der Waals surface area contributed by atoms with E-state index in [1.807, 2.05) is 0 Å². The van der Waals surface area contributed by atoms with E-state index in [-0.39, 0.29) is 0 Å². The maximum absolute atomic E-state index is 5.25. The largest absolute Gasteiger partial charge is 0.380 e. The van der Waals surface area contributed by atoms with Crippen LogP contribution in [-0.4, -0.2) is 38.2 Å². The first-order chi connectivity index (χ1) is 8.40. The Kier molecular flexibility index (Phi) is 4.98. The zero-order valence-corrected chi connectivity index (χ0v) is 10.6. The van der Waals surface area contributed by atoms with E-state index in [0.717, 1.165) is 26.2 Å². The topological polar surface area (TPSA) is 24.5 Å². The molecule has 0 atom stereocenters. The van der Waals surface area contributed by atoms with Crippen LogP contribution >= 0.6 is 0 Å². The van der Waals surface area contributed by atoms with Crippen molar-refractivity contribution < 1.29 is 4.74 Å². The lowest BCUT2D eigenvalue weighted by Gasteiger charge is -2.21. The fraction of sp³-hybridized carbons (Fsp3) is 0.571. The molecule has 1 aliphatic heterocycles. The molecular formula is C14H22N2O. The summed E-state index contributed by atoms with van der Waals surface area (Å²) < 4.78 is 5.25. The predicted molar refractivity (Wildman–Crippen MR) is 69.9 cm³/mol. The Morgan fingerprint density at radius 3 is 2.82 bits per heavy atom. The van der Waals surface area contributed by atoms with Crippen LogP contribution in [0.25, 0.3) is 0 Å². The normalized spacial score (nSPS) is 17.9. The lowest BCUT2D eigenvalue weighted by atomic mass is 10.1. The zero-order chi connectivity index (χ0) is 11.9. The summed E-state index contributed by atoms with van der Waals surface area (Å²) in [5, 5.41) is 3.44. The van der Waals surface area contributed by atoms with Gasteiger partial charge >= 0.3 is 0 Å². The molecule has 0 radical (unpaired) electrons. The Hall–Kier alpha value is -0.900. The average molecular weight is 234 g/mol. The van der Waals surface area contributed by atoms with Crippen molar-refractivity contribution in [1.82, 2.24) is 10.2 Å². The molecule has 0 spiro atoms. The summed E-state index contributed by atoms with van der Waals surface area (Å²) >= 11 is 0. The predicted octanol–water partition coefficient (Wildman–Crippen LogP) is 1.63. The van der Waals surface area contributed by atoms with Crippen molar-refractivity contribution in [2.24, 2.45) is 0 Å². The second-order valence-electron chi connectivity index (χ2n) is 4.58. The molecule has 1 heterocycles. The van der Waals surface area contributed by atoms with Gasteiger partial charge in [0, 0.05) is 26.7 Å². The fourth-order valence-electron chi connectivity index (χ4n) is 2.31. The molecule has 94 valence electrons. The van der Waals surface area contributed by atoms with E-state index in [2.05, 4.69) is 34.5 Å². The molecule has 1 saturated heterocycles. The van der Waals surface area contributed by atoms with Crippen LogP contribution in [0.3, 0.4) is 0 Å². The standard InChI is InChI=1S/C14H22N2O/c1-17-12-14-6-3-2-5-13(14)11-16-9-4-7-15-8-10-16/h2-3,5-6,15H,4,7-12H2,1H3. The number of rotatable bonds is 4. The van der Waals surface area contributed by atoms with Crippen LogP contribution in [0.2, 0.25) is 0 Å². The molecule has 17 heavy (non-hydrogen) atoms. The highest BCUT2D eigenvalue weighted by atomic mass is 16.5. The molecule has 0 bridgehead atoms. The molecule has 3 heteroatoms. The molecule has 0 saturated carbocycles. The quantitative estimate of drug-likeness (QED) is 0.857. The van der Waals surface area contributed by atoms with Gasteiger partial charge in [0.1, 0.15) is 0 Å². The molecule has 3 nitrogen and oxygen atoms in total. The van der Waals surface area contributed by atoms with Crippen LogP contribution in [-0.2, 0) is 17.9 Å². The third kappa shape index (κ3) is 3.80. The summed E-state index contributed by atoms with van der Waals surface area (Å²) in [4.78, 5) is 2.52. The third-order valence-electron chi connectivity index (χ3n) is 3.24. The SMILES string of the molecule is COCc1ccccc1CN1CCCNCC1. The Balaban J connectivity index is 2.00. The van der Waals surface area contributed by atoms with Crippen molar-refractivity contribution in [2.45, 2.75) is 19.6 Å². The van der Waals surface area contributed by atoms with Gasteiger partial charge in [-0.2, -0.15) is 0 Å². The molecule has 2 rings (SSSR count). The molecule has 0 aromatic heterocycles. The second-order valence-corrected chi connectivity index (χ2v) is 4.58. The number of nitrogens with one attached hydrogen (secondary N) is 1. The minimum absolute atomic E-state index is 0.711. The van der Waals surface area contributed by atoms with Gasteiger partial charge in [0.15, 0.2) is 0 Å². The number of benzene rings is 1. The van der Waals surface area contributed by atoms with Gasteiger partial charge in [-0.1, -0.05) is 24.3 Å². The molecule has 1 aliphatic rings. The highest BCUT2D eigenvalue weighted by Crippen LogP contribution is 2.13. The molecule has 0 amide bonds.